The predicted molar refractivity (Wildman–Crippen MR) is 135 cm³/mol. The van der Waals surface area contributed by atoms with Gasteiger partial charge < -0.3 is 9.30 Å². The second-order valence-electron chi connectivity index (χ2n) is 8.29. The molecule has 0 atom stereocenters. The number of carbonyl (C=O) groups is 1. The number of methoxy groups -OCH3 is 1. The van der Waals surface area contributed by atoms with Crippen LogP contribution in [0.4, 0.5) is 0 Å². The summed E-state index contributed by atoms with van der Waals surface area (Å²) in [6.45, 7) is 4.02. The van der Waals surface area contributed by atoms with Gasteiger partial charge in [-0.3, -0.25) is 4.79 Å². The Morgan fingerprint density at radius 1 is 1.18 bits per heavy atom. The highest BCUT2D eigenvalue weighted by molar-refractivity contribution is 7.89. The van der Waals surface area contributed by atoms with Gasteiger partial charge in [-0.15, -0.1) is 0 Å². The van der Waals surface area contributed by atoms with E-state index >= 15 is 0 Å². The Bertz CT molecular complexity index is 1370. The second-order valence-corrected chi connectivity index (χ2v) is 12.1. The molecule has 4 rings (SSSR count). The summed E-state index contributed by atoms with van der Waals surface area (Å²) in [5.41, 5.74) is 1.03. The van der Waals surface area contributed by atoms with E-state index in [-0.39, 0.29) is 4.90 Å². The number of amides is 1. The Morgan fingerprint density at radius 2 is 1.85 bits per heavy atom. The minimum Gasteiger partial charge on any atom is -0.383 e. The molecule has 1 aromatic heterocycles. The molecule has 1 aliphatic rings. The fourth-order valence-corrected chi connectivity index (χ4v) is 7.21. The molecule has 0 spiro atoms. The maximum Gasteiger partial charge on any atom is 0.279 e. The van der Waals surface area contributed by atoms with E-state index in [1.54, 1.807) is 19.2 Å². The lowest BCUT2D eigenvalue weighted by Crippen LogP contribution is -2.37. The van der Waals surface area contributed by atoms with Crippen LogP contribution in [-0.4, -0.2) is 50.0 Å². The topological polar surface area (TPSA) is 81.0 Å². The number of thiazole rings is 1. The molecule has 1 fully saturated rings. The zero-order valence-electron chi connectivity index (χ0n) is 18.8. The van der Waals surface area contributed by atoms with Gasteiger partial charge >= 0.3 is 0 Å². The maximum atomic E-state index is 13.0. The SMILES string of the molecule is COCCn1c(=NC(=O)c2ccc(S(=O)(=O)N3CCC(C)CC3)cc2)sc2cc(Cl)cc(Cl)c21. The summed E-state index contributed by atoms with van der Waals surface area (Å²) in [4.78, 5) is 17.9. The third-order valence-electron chi connectivity index (χ3n) is 5.89. The Morgan fingerprint density at radius 3 is 2.50 bits per heavy atom. The molecule has 2 heterocycles. The van der Waals surface area contributed by atoms with Crippen LogP contribution in [0.3, 0.4) is 0 Å². The molecule has 34 heavy (non-hydrogen) atoms. The number of rotatable bonds is 6. The van der Waals surface area contributed by atoms with Crippen molar-refractivity contribution in [2.75, 3.05) is 26.8 Å². The van der Waals surface area contributed by atoms with Crippen molar-refractivity contribution in [2.24, 2.45) is 10.9 Å². The summed E-state index contributed by atoms with van der Waals surface area (Å²) in [5.74, 6) is 0.0511. The Balaban J connectivity index is 1.65. The van der Waals surface area contributed by atoms with Gasteiger partial charge in [-0.05, 0) is 55.2 Å². The number of carbonyl (C=O) groups excluding carboxylic acids is 1. The zero-order chi connectivity index (χ0) is 24.5. The number of ether oxygens (including phenoxy) is 1. The number of hydrogen-bond donors (Lipinski definition) is 0. The van der Waals surface area contributed by atoms with Crippen LogP contribution in [-0.2, 0) is 21.3 Å². The van der Waals surface area contributed by atoms with Gasteiger partial charge in [-0.25, -0.2) is 8.42 Å². The van der Waals surface area contributed by atoms with Gasteiger partial charge in [0.15, 0.2) is 4.80 Å². The van der Waals surface area contributed by atoms with Crippen LogP contribution in [0.15, 0.2) is 46.3 Å². The number of halogens is 2. The highest BCUT2D eigenvalue weighted by Crippen LogP contribution is 2.30. The van der Waals surface area contributed by atoms with Crippen LogP contribution >= 0.6 is 34.5 Å². The van der Waals surface area contributed by atoms with E-state index in [1.807, 2.05) is 4.57 Å². The first-order valence-electron chi connectivity index (χ1n) is 10.9. The summed E-state index contributed by atoms with van der Waals surface area (Å²) in [5, 5.41) is 0.959. The second kappa shape index (κ2) is 10.5. The largest absolute Gasteiger partial charge is 0.383 e. The molecule has 2 aromatic carbocycles. The molecule has 3 aromatic rings. The van der Waals surface area contributed by atoms with Gasteiger partial charge in [-0.1, -0.05) is 41.5 Å². The first-order valence-corrected chi connectivity index (χ1v) is 13.9. The fourth-order valence-electron chi connectivity index (χ4n) is 3.90. The number of benzene rings is 2. The third-order valence-corrected chi connectivity index (χ3v) is 9.34. The van der Waals surface area contributed by atoms with E-state index in [4.69, 9.17) is 27.9 Å². The molecule has 0 N–H and O–H groups in total. The van der Waals surface area contributed by atoms with Gasteiger partial charge in [0.25, 0.3) is 5.91 Å². The van der Waals surface area contributed by atoms with Crippen molar-refractivity contribution < 1.29 is 17.9 Å². The smallest absolute Gasteiger partial charge is 0.279 e. The van der Waals surface area contributed by atoms with Crippen molar-refractivity contribution >= 4 is 60.7 Å². The normalized spacial score (nSPS) is 16.4. The summed E-state index contributed by atoms with van der Waals surface area (Å²) in [6, 6.07) is 9.37. The van der Waals surface area contributed by atoms with Gasteiger partial charge in [0.2, 0.25) is 10.0 Å². The molecule has 0 saturated carbocycles. The first kappa shape index (κ1) is 25.3. The van der Waals surface area contributed by atoms with Crippen molar-refractivity contribution in [3.05, 3.63) is 56.8 Å². The quantitative estimate of drug-likeness (QED) is 0.448. The number of piperidine rings is 1. The van der Waals surface area contributed by atoms with Crippen LogP contribution in [0.1, 0.15) is 30.1 Å². The third kappa shape index (κ3) is 5.24. The Labute approximate surface area is 212 Å². The van der Waals surface area contributed by atoms with Crippen molar-refractivity contribution in [1.82, 2.24) is 8.87 Å². The lowest BCUT2D eigenvalue weighted by Gasteiger charge is -2.29. The van der Waals surface area contributed by atoms with E-state index in [9.17, 15) is 13.2 Å². The van der Waals surface area contributed by atoms with Crippen LogP contribution in [0, 0.1) is 5.92 Å². The molecular weight excluding hydrogens is 517 g/mol. The molecule has 1 aliphatic heterocycles. The number of nitrogens with zero attached hydrogens (tertiary/aromatic N) is 3. The van der Waals surface area contributed by atoms with Crippen LogP contribution in [0.5, 0.6) is 0 Å². The minimum absolute atomic E-state index is 0.178. The molecule has 0 aliphatic carbocycles. The van der Waals surface area contributed by atoms with Gasteiger partial charge in [-0.2, -0.15) is 9.30 Å². The van der Waals surface area contributed by atoms with E-state index in [2.05, 4.69) is 11.9 Å². The Hall–Kier alpha value is -1.75. The lowest BCUT2D eigenvalue weighted by atomic mass is 10.0. The fraction of sp³-hybridized carbons (Fsp3) is 0.391. The molecular formula is C23H25Cl2N3O4S2. The molecule has 7 nitrogen and oxygen atoms in total. The molecule has 0 radical (unpaired) electrons. The molecule has 1 saturated heterocycles. The highest BCUT2D eigenvalue weighted by atomic mass is 35.5. The standard InChI is InChI=1S/C23H25Cl2N3O4S2/c1-15-7-9-27(10-8-15)34(30,31)18-5-3-16(4-6-18)22(29)26-23-28(11-12-32-2)21-19(25)13-17(24)14-20(21)33-23/h3-6,13-15H,7-12H2,1-2H3. The van der Waals surface area contributed by atoms with E-state index in [0.29, 0.717) is 52.6 Å². The molecule has 11 heteroatoms. The number of sulfonamides is 1. The summed E-state index contributed by atoms with van der Waals surface area (Å²) in [6.07, 6.45) is 1.70. The van der Waals surface area contributed by atoms with E-state index in [0.717, 1.165) is 23.1 Å². The summed E-state index contributed by atoms with van der Waals surface area (Å²) in [7, 11) is -1.99. The summed E-state index contributed by atoms with van der Waals surface area (Å²) < 4.78 is 35.2. The van der Waals surface area contributed by atoms with Crippen molar-refractivity contribution in [1.29, 1.82) is 0 Å². The Kier molecular flexibility index (Phi) is 7.81. The van der Waals surface area contributed by atoms with Crippen molar-refractivity contribution in [3.8, 4) is 0 Å². The van der Waals surface area contributed by atoms with Gasteiger partial charge in [0, 0.05) is 37.3 Å². The van der Waals surface area contributed by atoms with Crippen LogP contribution < -0.4 is 4.80 Å². The molecule has 1 amide bonds. The molecule has 182 valence electrons. The predicted octanol–water partition coefficient (Wildman–Crippen LogP) is 4.82. The number of aromatic nitrogens is 1. The minimum atomic E-state index is -3.58. The van der Waals surface area contributed by atoms with Crippen molar-refractivity contribution in [2.45, 2.75) is 31.2 Å². The highest BCUT2D eigenvalue weighted by Gasteiger charge is 2.28. The van der Waals surface area contributed by atoms with Crippen LogP contribution in [0.25, 0.3) is 10.2 Å². The van der Waals surface area contributed by atoms with E-state index in [1.165, 1.54) is 39.9 Å². The monoisotopic (exact) mass is 541 g/mol. The van der Waals surface area contributed by atoms with Crippen molar-refractivity contribution in [3.63, 3.8) is 0 Å². The maximum absolute atomic E-state index is 13.0. The number of fused-ring (bicyclic) bond motifs is 1. The molecule has 0 bridgehead atoms. The first-order chi connectivity index (χ1) is 16.2. The lowest BCUT2D eigenvalue weighted by molar-refractivity contribution is 0.0997. The molecule has 0 unspecified atom stereocenters. The van der Waals surface area contributed by atoms with Crippen LogP contribution in [0.2, 0.25) is 10.0 Å². The summed E-state index contributed by atoms with van der Waals surface area (Å²) >= 11 is 13.9. The average molecular weight is 543 g/mol. The van der Waals surface area contributed by atoms with Gasteiger partial charge in [0.1, 0.15) is 0 Å². The average Bonchev–Trinajstić information content (AvgIpc) is 3.14. The van der Waals surface area contributed by atoms with Gasteiger partial charge in [0.05, 0.1) is 26.7 Å². The van der Waals surface area contributed by atoms with E-state index < -0.39 is 15.9 Å². The number of hydrogen-bond acceptors (Lipinski definition) is 5. The zero-order valence-corrected chi connectivity index (χ0v) is 22.0.